The van der Waals surface area contributed by atoms with E-state index in [1.165, 1.54) is 12.5 Å². The molecule has 0 bridgehead atoms. The van der Waals surface area contributed by atoms with E-state index in [1.807, 2.05) is 0 Å². The fourth-order valence-corrected chi connectivity index (χ4v) is 2.43. The highest BCUT2D eigenvalue weighted by atomic mass is 16.4. The molecule has 7 N–H and O–H groups in total. The summed E-state index contributed by atoms with van der Waals surface area (Å²) >= 11 is 0. The highest BCUT2D eigenvalue weighted by Crippen LogP contribution is 2.05. The SMILES string of the molecule is CC(C)C(N)C(=O)NCC(=O)NC(Cc1cnc[nH]1)C(=O)NC(C(=O)O)C(C)C. The summed E-state index contributed by atoms with van der Waals surface area (Å²) in [5.41, 5.74) is 6.30. The minimum atomic E-state index is -1.17. The molecule has 162 valence electrons. The number of aromatic amines is 1. The molecule has 11 nitrogen and oxygen atoms in total. The molecule has 1 heterocycles. The van der Waals surface area contributed by atoms with Crippen molar-refractivity contribution in [1.82, 2.24) is 25.9 Å². The summed E-state index contributed by atoms with van der Waals surface area (Å²) in [6, 6.07) is -2.92. The largest absolute Gasteiger partial charge is 0.480 e. The Morgan fingerprint density at radius 2 is 1.76 bits per heavy atom. The zero-order valence-electron chi connectivity index (χ0n) is 17.1. The molecule has 0 saturated carbocycles. The van der Waals surface area contributed by atoms with E-state index in [1.54, 1.807) is 27.7 Å². The number of nitrogens with one attached hydrogen (secondary N) is 4. The van der Waals surface area contributed by atoms with Gasteiger partial charge in [-0.05, 0) is 11.8 Å². The zero-order valence-corrected chi connectivity index (χ0v) is 17.1. The Kier molecular flexibility index (Phi) is 9.26. The molecule has 29 heavy (non-hydrogen) atoms. The van der Waals surface area contributed by atoms with Gasteiger partial charge in [-0.1, -0.05) is 27.7 Å². The molecule has 0 spiro atoms. The van der Waals surface area contributed by atoms with E-state index < -0.39 is 41.8 Å². The predicted octanol–water partition coefficient (Wildman–Crippen LogP) is -1.24. The number of carbonyl (C=O) groups is 4. The second-order valence-corrected chi connectivity index (χ2v) is 7.46. The smallest absolute Gasteiger partial charge is 0.326 e. The zero-order chi connectivity index (χ0) is 22.1. The van der Waals surface area contributed by atoms with Crippen LogP contribution in [0.5, 0.6) is 0 Å². The standard InChI is InChI=1S/C18H30N6O5/c1-9(2)14(19)17(27)21-7-13(25)23-12(5-11-6-20-8-22-11)16(26)24-15(10(3)4)18(28)29/h6,8-10,12,14-15H,5,7,19H2,1-4H3,(H,20,22)(H,21,27)(H,23,25)(H,24,26)(H,28,29). The topological polar surface area (TPSA) is 179 Å². The molecule has 1 rings (SSSR count). The van der Waals surface area contributed by atoms with Crippen LogP contribution in [0.25, 0.3) is 0 Å². The van der Waals surface area contributed by atoms with Crippen molar-refractivity contribution in [2.45, 2.75) is 52.2 Å². The van der Waals surface area contributed by atoms with Crippen LogP contribution in [0.3, 0.4) is 0 Å². The summed E-state index contributed by atoms with van der Waals surface area (Å²) in [6.07, 6.45) is 2.99. The van der Waals surface area contributed by atoms with E-state index in [0.717, 1.165) is 0 Å². The third-order valence-corrected chi connectivity index (χ3v) is 4.31. The number of nitrogens with two attached hydrogens (primary N) is 1. The molecule has 3 amide bonds. The summed E-state index contributed by atoms with van der Waals surface area (Å²) in [6.45, 7) is 6.52. The van der Waals surface area contributed by atoms with Gasteiger partial charge in [-0.25, -0.2) is 9.78 Å². The summed E-state index contributed by atoms with van der Waals surface area (Å²) in [5.74, 6) is -3.35. The number of amides is 3. The summed E-state index contributed by atoms with van der Waals surface area (Å²) in [5, 5.41) is 16.7. The van der Waals surface area contributed by atoms with E-state index in [2.05, 4.69) is 25.9 Å². The van der Waals surface area contributed by atoms with Gasteiger partial charge in [0, 0.05) is 18.3 Å². The van der Waals surface area contributed by atoms with Crippen molar-refractivity contribution in [1.29, 1.82) is 0 Å². The van der Waals surface area contributed by atoms with Crippen LogP contribution >= 0.6 is 0 Å². The number of imidazole rings is 1. The van der Waals surface area contributed by atoms with E-state index in [4.69, 9.17) is 5.73 Å². The first kappa shape index (κ1) is 24.1. The van der Waals surface area contributed by atoms with Crippen LogP contribution in [-0.2, 0) is 25.6 Å². The Hall–Kier alpha value is -2.95. The lowest BCUT2D eigenvalue weighted by molar-refractivity contribution is -0.143. The number of H-pyrrole nitrogens is 1. The molecule has 11 heteroatoms. The number of carboxylic acid groups (broad SMARTS) is 1. The Labute approximate surface area is 169 Å². The van der Waals surface area contributed by atoms with Gasteiger partial charge in [0.15, 0.2) is 0 Å². The van der Waals surface area contributed by atoms with E-state index >= 15 is 0 Å². The molecule has 0 radical (unpaired) electrons. The van der Waals surface area contributed by atoms with Crippen molar-refractivity contribution in [2.75, 3.05) is 6.54 Å². The summed E-state index contributed by atoms with van der Waals surface area (Å²) < 4.78 is 0. The lowest BCUT2D eigenvalue weighted by atomic mass is 10.0. The Bertz CT molecular complexity index is 704. The number of aliphatic carboxylic acids is 1. The molecule has 0 saturated heterocycles. The highest BCUT2D eigenvalue weighted by Gasteiger charge is 2.29. The van der Waals surface area contributed by atoms with Crippen LogP contribution < -0.4 is 21.7 Å². The molecule has 0 aromatic carbocycles. The van der Waals surface area contributed by atoms with Gasteiger partial charge in [0.25, 0.3) is 0 Å². The van der Waals surface area contributed by atoms with Gasteiger partial charge in [-0.3, -0.25) is 14.4 Å². The third kappa shape index (κ3) is 7.90. The maximum absolute atomic E-state index is 12.6. The Morgan fingerprint density at radius 3 is 2.24 bits per heavy atom. The van der Waals surface area contributed by atoms with Crippen LogP contribution in [-0.4, -0.2) is 63.4 Å². The van der Waals surface area contributed by atoms with Gasteiger partial charge in [0.1, 0.15) is 12.1 Å². The third-order valence-electron chi connectivity index (χ3n) is 4.31. The normalized spacial score (nSPS) is 14.2. The van der Waals surface area contributed by atoms with Gasteiger partial charge in [-0.15, -0.1) is 0 Å². The molecule has 0 fully saturated rings. The van der Waals surface area contributed by atoms with Crippen molar-refractivity contribution in [3.05, 3.63) is 18.2 Å². The van der Waals surface area contributed by atoms with Crippen molar-refractivity contribution in [2.24, 2.45) is 17.6 Å². The van der Waals surface area contributed by atoms with Gasteiger partial charge in [0.05, 0.1) is 18.9 Å². The first-order chi connectivity index (χ1) is 13.5. The molecule has 0 aliphatic rings. The number of carbonyl (C=O) groups excluding carboxylic acids is 3. The fraction of sp³-hybridized carbons (Fsp3) is 0.611. The molecule has 3 atom stereocenters. The monoisotopic (exact) mass is 410 g/mol. The van der Waals surface area contributed by atoms with Gasteiger partial charge < -0.3 is 31.8 Å². The van der Waals surface area contributed by atoms with Crippen LogP contribution in [0.1, 0.15) is 33.4 Å². The minimum Gasteiger partial charge on any atom is -0.480 e. The van der Waals surface area contributed by atoms with Gasteiger partial charge >= 0.3 is 5.97 Å². The van der Waals surface area contributed by atoms with Crippen molar-refractivity contribution in [3.8, 4) is 0 Å². The molecule has 1 aromatic heterocycles. The van der Waals surface area contributed by atoms with Crippen LogP contribution in [0.2, 0.25) is 0 Å². The minimum absolute atomic E-state index is 0.0709. The van der Waals surface area contributed by atoms with Crippen molar-refractivity contribution < 1.29 is 24.3 Å². The Morgan fingerprint density at radius 1 is 1.10 bits per heavy atom. The maximum Gasteiger partial charge on any atom is 0.326 e. The average molecular weight is 410 g/mol. The number of hydrogen-bond donors (Lipinski definition) is 6. The van der Waals surface area contributed by atoms with Gasteiger partial charge in [0.2, 0.25) is 17.7 Å². The number of carboxylic acids is 1. The lowest BCUT2D eigenvalue weighted by Gasteiger charge is -2.23. The molecule has 1 aromatic rings. The first-order valence-corrected chi connectivity index (χ1v) is 9.36. The number of aromatic nitrogens is 2. The van der Waals surface area contributed by atoms with E-state index in [-0.39, 0.29) is 24.8 Å². The Balaban J connectivity index is 2.79. The molecular formula is C18H30N6O5. The number of nitrogens with zero attached hydrogens (tertiary/aromatic N) is 1. The maximum atomic E-state index is 12.6. The lowest BCUT2D eigenvalue weighted by Crippen LogP contribution is -2.55. The van der Waals surface area contributed by atoms with Crippen molar-refractivity contribution >= 4 is 23.7 Å². The van der Waals surface area contributed by atoms with Crippen LogP contribution in [0.4, 0.5) is 0 Å². The summed E-state index contributed by atoms with van der Waals surface area (Å²) in [7, 11) is 0. The number of hydrogen-bond acceptors (Lipinski definition) is 6. The number of rotatable bonds is 11. The predicted molar refractivity (Wildman–Crippen MR) is 104 cm³/mol. The van der Waals surface area contributed by atoms with E-state index in [9.17, 15) is 24.3 Å². The second kappa shape index (κ2) is 11.1. The molecule has 0 aliphatic heterocycles. The molecule has 0 aliphatic carbocycles. The highest BCUT2D eigenvalue weighted by molar-refractivity contribution is 5.92. The van der Waals surface area contributed by atoms with Crippen LogP contribution in [0, 0.1) is 11.8 Å². The quantitative estimate of drug-likeness (QED) is 0.264. The van der Waals surface area contributed by atoms with Crippen LogP contribution in [0.15, 0.2) is 12.5 Å². The van der Waals surface area contributed by atoms with Gasteiger partial charge in [-0.2, -0.15) is 0 Å². The first-order valence-electron chi connectivity index (χ1n) is 9.36. The molecule has 3 unspecified atom stereocenters. The fourth-order valence-electron chi connectivity index (χ4n) is 2.43. The second-order valence-electron chi connectivity index (χ2n) is 7.46. The van der Waals surface area contributed by atoms with E-state index in [0.29, 0.717) is 5.69 Å². The molecular weight excluding hydrogens is 380 g/mol. The average Bonchev–Trinajstić information content (AvgIpc) is 3.15. The summed E-state index contributed by atoms with van der Waals surface area (Å²) in [4.78, 5) is 54.8. The van der Waals surface area contributed by atoms with Crippen molar-refractivity contribution in [3.63, 3.8) is 0 Å².